The molecule has 0 saturated heterocycles. The summed E-state index contributed by atoms with van der Waals surface area (Å²) in [5.74, 6) is 1.01. The predicted molar refractivity (Wildman–Crippen MR) is 97.5 cm³/mol. The fourth-order valence-corrected chi connectivity index (χ4v) is 3.24. The summed E-state index contributed by atoms with van der Waals surface area (Å²) in [7, 11) is 3.10. The highest BCUT2D eigenvalue weighted by atomic mass is 32.1. The third kappa shape index (κ3) is 3.83. The number of fused-ring (bicyclic) bond motifs is 1. The van der Waals surface area contributed by atoms with E-state index in [1.807, 2.05) is 17.5 Å². The first-order chi connectivity index (χ1) is 12.1. The number of amides is 1. The van der Waals surface area contributed by atoms with E-state index in [0.29, 0.717) is 29.0 Å². The SMILES string of the molecule is COc1cc2cc(CNC(=O)Cc3cccs3)c(=O)[nH]c2cc1OC. The molecular weight excluding hydrogens is 340 g/mol. The van der Waals surface area contributed by atoms with Gasteiger partial charge >= 0.3 is 0 Å². The molecule has 6 nitrogen and oxygen atoms in total. The van der Waals surface area contributed by atoms with Gasteiger partial charge in [-0.15, -0.1) is 11.3 Å². The van der Waals surface area contributed by atoms with Crippen LogP contribution in [-0.2, 0) is 17.8 Å². The Morgan fingerprint density at radius 1 is 1.20 bits per heavy atom. The summed E-state index contributed by atoms with van der Waals surface area (Å²) in [5.41, 5.74) is 0.895. The van der Waals surface area contributed by atoms with E-state index in [1.165, 1.54) is 11.3 Å². The van der Waals surface area contributed by atoms with Gasteiger partial charge in [-0.1, -0.05) is 6.07 Å². The smallest absolute Gasteiger partial charge is 0.253 e. The number of pyridine rings is 1. The third-order valence-corrected chi connectivity index (χ3v) is 4.69. The Bertz CT molecular complexity index is 948. The first kappa shape index (κ1) is 17.0. The second-order valence-corrected chi connectivity index (χ2v) is 6.48. The van der Waals surface area contributed by atoms with Gasteiger partial charge in [0.25, 0.3) is 5.56 Å². The number of aromatic amines is 1. The molecule has 0 aliphatic rings. The normalized spacial score (nSPS) is 10.6. The van der Waals surface area contributed by atoms with E-state index in [9.17, 15) is 9.59 Å². The van der Waals surface area contributed by atoms with Crippen LogP contribution < -0.4 is 20.3 Å². The van der Waals surface area contributed by atoms with Crippen LogP contribution in [0, 0.1) is 0 Å². The van der Waals surface area contributed by atoms with Gasteiger partial charge in [-0.3, -0.25) is 9.59 Å². The van der Waals surface area contributed by atoms with Gasteiger partial charge in [0.2, 0.25) is 5.91 Å². The maximum absolute atomic E-state index is 12.2. The van der Waals surface area contributed by atoms with E-state index in [-0.39, 0.29) is 18.0 Å². The number of thiophene rings is 1. The van der Waals surface area contributed by atoms with Crippen LogP contribution in [0.4, 0.5) is 0 Å². The van der Waals surface area contributed by atoms with Crippen LogP contribution in [0.5, 0.6) is 11.5 Å². The number of methoxy groups -OCH3 is 2. The topological polar surface area (TPSA) is 80.4 Å². The monoisotopic (exact) mass is 358 g/mol. The molecule has 7 heteroatoms. The van der Waals surface area contributed by atoms with E-state index >= 15 is 0 Å². The van der Waals surface area contributed by atoms with Crippen molar-refractivity contribution in [3.05, 3.63) is 56.5 Å². The van der Waals surface area contributed by atoms with Gasteiger partial charge in [-0.2, -0.15) is 0 Å². The molecule has 0 aliphatic heterocycles. The summed E-state index contributed by atoms with van der Waals surface area (Å²) in [4.78, 5) is 28.0. The van der Waals surface area contributed by atoms with E-state index in [0.717, 1.165) is 10.3 Å². The summed E-state index contributed by atoms with van der Waals surface area (Å²) in [6, 6.07) is 9.08. The van der Waals surface area contributed by atoms with Crippen LogP contribution in [0.15, 0.2) is 40.5 Å². The molecule has 2 aromatic heterocycles. The van der Waals surface area contributed by atoms with Crippen molar-refractivity contribution in [1.29, 1.82) is 0 Å². The molecule has 0 fully saturated rings. The molecule has 1 aromatic carbocycles. The summed E-state index contributed by atoms with van der Waals surface area (Å²) in [6.45, 7) is 0.170. The first-order valence-corrected chi connectivity index (χ1v) is 8.55. The molecule has 0 aliphatic carbocycles. The number of carbonyl (C=O) groups excluding carboxylic acids is 1. The number of ether oxygens (including phenoxy) is 2. The van der Waals surface area contributed by atoms with Crippen molar-refractivity contribution in [3.63, 3.8) is 0 Å². The minimum Gasteiger partial charge on any atom is -0.493 e. The van der Waals surface area contributed by atoms with Crippen LogP contribution in [0.2, 0.25) is 0 Å². The highest BCUT2D eigenvalue weighted by Crippen LogP contribution is 2.30. The van der Waals surface area contributed by atoms with Crippen molar-refractivity contribution in [3.8, 4) is 11.5 Å². The molecule has 0 radical (unpaired) electrons. The van der Waals surface area contributed by atoms with Crippen molar-refractivity contribution in [1.82, 2.24) is 10.3 Å². The lowest BCUT2D eigenvalue weighted by Gasteiger charge is -2.10. The summed E-state index contributed by atoms with van der Waals surface area (Å²) >= 11 is 1.53. The van der Waals surface area contributed by atoms with Crippen LogP contribution in [0.1, 0.15) is 10.4 Å². The fraction of sp³-hybridized carbons (Fsp3) is 0.222. The molecular formula is C18H18N2O4S. The van der Waals surface area contributed by atoms with Crippen LogP contribution in [0.3, 0.4) is 0 Å². The zero-order valence-electron chi connectivity index (χ0n) is 13.9. The molecule has 2 heterocycles. The Hall–Kier alpha value is -2.80. The predicted octanol–water partition coefficient (Wildman–Crippen LogP) is 2.47. The van der Waals surface area contributed by atoms with Crippen molar-refractivity contribution < 1.29 is 14.3 Å². The molecule has 0 spiro atoms. The summed E-state index contributed by atoms with van der Waals surface area (Å²) < 4.78 is 10.5. The van der Waals surface area contributed by atoms with E-state index < -0.39 is 0 Å². The Morgan fingerprint density at radius 2 is 1.96 bits per heavy atom. The van der Waals surface area contributed by atoms with Crippen LogP contribution in [-0.4, -0.2) is 25.1 Å². The molecule has 2 N–H and O–H groups in total. The lowest BCUT2D eigenvalue weighted by molar-refractivity contribution is -0.120. The molecule has 1 amide bonds. The van der Waals surface area contributed by atoms with Gasteiger partial charge in [-0.25, -0.2) is 0 Å². The number of nitrogens with one attached hydrogen (secondary N) is 2. The minimum absolute atomic E-state index is 0.116. The fourth-order valence-electron chi connectivity index (χ4n) is 2.54. The van der Waals surface area contributed by atoms with Gasteiger partial charge in [0.15, 0.2) is 11.5 Å². The van der Waals surface area contributed by atoms with Gasteiger partial charge in [0.1, 0.15) is 0 Å². The number of rotatable bonds is 6. The van der Waals surface area contributed by atoms with Crippen molar-refractivity contribution >= 4 is 28.1 Å². The van der Waals surface area contributed by atoms with Crippen molar-refractivity contribution in [2.45, 2.75) is 13.0 Å². The molecule has 0 saturated carbocycles. The van der Waals surface area contributed by atoms with Gasteiger partial charge < -0.3 is 19.8 Å². The maximum atomic E-state index is 12.2. The molecule has 3 rings (SSSR count). The van der Waals surface area contributed by atoms with E-state index in [4.69, 9.17) is 9.47 Å². The van der Waals surface area contributed by atoms with Gasteiger partial charge in [0, 0.05) is 28.4 Å². The highest BCUT2D eigenvalue weighted by molar-refractivity contribution is 7.10. The maximum Gasteiger partial charge on any atom is 0.253 e. The molecule has 0 bridgehead atoms. The van der Waals surface area contributed by atoms with Crippen molar-refractivity contribution in [2.75, 3.05) is 14.2 Å². The Morgan fingerprint density at radius 3 is 2.64 bits per heavy atom. The van der Waals surface area contributed by atoms with Crippen LogP contribution >= 0.6 is 11.3 Å². The number of hydrogen-bond acceptors (Lipinski definition) is 5. The first-order valence-electron chi connectivity index (χ1n) is 7.67. The molecule has 130 valence electrons. The highest BCUT2D eigenvalue weighted by Gasteiger charge is 2.10. The molecule has 3 aromatic rings. The van der Waals surface area contributed by atoms with Crippen molar-refractivity contribution in [2.24, 2.45) is 0 Å². The average Bonchev–Trinajstić information content (AvgIpc) is 3.11. The largest absolute Gasteiger partial charge is 0.493 e. The molecule has 0 unspecified atom stereocenters. The molecule has 25 heavy (non-hydrogen) atoms. The number of carbonyl (C=O) groups is 1. The number of H-pyrrole nitrogens is 1. The number of aromatic nitrogens is 1. The summed E-state index contributed by atoms with van der Waals surface area (Å²) in [6.07, 6.45) is 0.314. The Balaban J connectivity index is 1.80. The second-order valence-electron chi connectivity index (χ2n) is 5.45. The standard InChI is InChI=1S/C18H18N2O4S/c1-23-15-7-11-6-12(18(22)20-14(11)9-16(15)24-2)10-19-17(21)8-13-4-3-5-25-13/h3-7,9H,8,10H2,1-2H3,(H,19,21)(H,20,22). The van der Waals surface area contributed by atoms with Gasteiger partial charge in [-0.05, 0) is 23.6 Å². The zero-order valence-corrected chi connectivity index (χ0v) is 14.7. The molecule has 0 atom stereocenters. The quantitative estimate of drug-likeness (QED) is 0.709. The minimum atomic E-state index is -0.240. The van der Waals surface area contributed by atoms with Crippen LogP contribution in [0.25, 0.3) is 10.9 Å². The third-order valence-electron chi connectivity index (χ3n) is 3.82. The Kier molecular flexibility index (Phi) is 5.04. The van der Waals surface area contributed by atoms with Gasteiger partial charge in [0.05, 0.1) is 26.2 Å². The zero-order chi connectivity index (χ0) is 17.8. The number of hydrogen-bond donors (Lipinski definition) is 2. The summed E-state index contributed by atoms with van der Waals surface area (Å²) in [5, 5.41) is 5.52. The lowest BCUT2D eigenvalue weighted by Crippen LogP contribution is -2.27. The lowest BCUT2D eigenvalue weighted by atomic mass is 10.1. The Labute approximate surface area is 148 Å². The van der Waals surface area contributed by atoms with E-state index in [1.54, 1.807) is 32.4 Å². The average molecular weight is 358 g/mol. The van der Waals surface area contributed by atoms with E-state index in [2.05, 4.69) is 10.3 Å². The second kappa shape index (κ2) is 7.40. The number of benzene rings is 1.